The summed E-state index contributed by atoms with van der Waals surface area (Å²) in [5, 5.41) is 5.80. The third kappa shape index (κ3) is 6.03. The second-order valence-corrected chi connectivity index (χ2v) is 18.5. The Morgan fingerprint density at radius 3 is 1.58 bits per heavy atom. The number of halogens is 1. The zero-order chi connectivity index (χ0) is 38.1. The Labute approximate surface area is 336 Å². The number of benzene rings is 6. The zero-order valence-electron chi connectivity index (χ0n) is 33.6. The molecule has 282 valence electrons. The fourth-order valence-electron chi connectivity index (χ4n) is 10.7. The van der Waals surface area contributed by atoms with Gasteiger partial charge in [0.05, 0.1) is 13.2 Å². The van der Waals surface area contributed by atoms with E-state index in [2.05, 4.69) is 155 Å². The van der Waals surface area contributed by atoms with Crippen molar-refractivity contribution in [3.63, 3.8) is 0 Å². The van der Waals surface area contributed by atoms with Gasteiger partial charge in [-0.15, -0.1) is 0 Å². The topological polar surface area (TPSA) is 18.5 Å². The maximum absolute atomic E-state index is 5.97. The number of rotatable bonds is 5. The Hall–Kier alpha value is -3.76. The molecule has 1 spiro atoms. The predicted molar refractivity (Wildman–Crippen MR) is 235 cm³/mol. The molecule has 10 rings (SSSR count). The van der Waals surface area contributed by atoms with E-state index < -0.39 is 0 Å². The number of fused-ring (bicyclic) bond motifs is 4. The van der Waals surface area contributed by atoms with Crippen LogP contribution in [0.15, 0.2) is 102 Å². The predicted octanol–water partition coefficient (Wildman–Crippen LogP) is 14.4. The second-order valence-electron chi connectivity index (χ2n) is 17.6. The van der Waals surface area contributed by atoms with Gasteiger partial charge in [0.15, 0.2) is 5.79 Å². The second kappa shape index (κ2) is 14.0. The summed E-state index contributed by atoms with van der Waals surface area (Å²) in [6.45, 7) is 15.6. The average Bonchev–Trinajstić information content (AvgIpc) is 3.65. The zero-order valence-corrected chi connectivity index (χ0v) is 35.2. The Morgan fingerprint density at radius 2 is 1.05 bits per heavy atom. The lowest BCUT2D eigenvalue weighted by Crippen LogP contribution is -2.34. The van der Waals surface area contributed by atoms with Crippen LogP contribution in [0.1, 0.15) is 125 Å². The summed E-state index contributed by atoms with van der Waals surface area (Å²) >= 11 is 3.65. The third-order valence-electron chi connectivity index (χ3n) is 13.6. The maximum Gasteiger partial charge on any atom is 0.168 e. The van der Waals surface area contributed by atoms with Crippen LogP contribution in [0, 0.1) is 0 Å². The molecule has 2 fully saturated rings. The van der Waals surface area contributed by atoms with Gasteiger partial charge in [-0.1, -0.05) is 155 Å². The SMILES string of the molecule is CCCc1ccc2c3c(cccc13)C(C)(C)c1cc(Br)ccc1-2.CCCc1ccc2c3c(cccc13)C(C)(C)c1cc(C3CCC4(CC3)OCCO4)ccc1-2. The van der Waals surface area contributed by atoms with Crippen molar-refractivity contribution in [2.45, 2.75) is 115 Å². The molecule has 1 heterocycles. The summed E-state index contributed by atoms with van der Waals surface area (Å²) in [4.78, 5) is 0. The van der Waals surface area contributed by atoms with E-state index in [0.29, 0.717) is 5.92 Å². The average molecular weight is 792 g/mol. The van der Waals surface area contributed by atoms with Gasteiger partial charge in [0.25, 0.3) is 0 Å². The minimum absolute atomic E-state index is 0.00371. The molecule has 3 heteroatoms. The van der Waals surface area contributed by atoms with Crippen LogP contribution in [-0.4, -0.2) is 19.0 Å². The van der Waals surface area contributed by atoms with E-state index in [0.717, 1.165) is 56.2 Å². The quantitative estimate of drug-likeness (QED) is 0.173. The van der Waals surface area contributed by atoms with Crippen molar-refractivity contribution in [3.05, 3.63) is 140 Å². The van der Waals surface area contributed by atoms with Crippen molar-refractivity contribution in [1.82, 2.24) is 0 Å². The molecule has 0 radical (unpaired) electrons. The molecule has 2 nitrogen and oxygen atoms in total. The summed E-state index contributed by atoms with van der Waals surface area (Å²) in [6, 6.07) is 37.2. The lowest BCUT2D eigenvalue weighted by atomic mass is 9.67. The molecule has 0 atom stereocenters. The summed E-state index contributed by atoms with van der Waals surface area (Å²) in [5.41, 5.74) is 15.9. The van der Waals surface area contributed by atoms with Gasteiger partial charge in [0.1, 0.15) is 0 Å². The van der Waals surface area contributed by atoms with Crippen LogP contribution in [0.2, 0.25) is 0 Å². The van der Waals surface area contributed by atoms with E-state index >= 15 is 0 Å². The van der Waals surface area contributed by atoms with Crippen molar-refractivity contribution in [2.24, 2.45) is 0 Å². The lowest BCUT2D eigenvalue weighted by molar-refractivity contribution is -0.178. The van der Waals surface area contributed by atoms with E-state index in [9.17, 15) is 0 Å². The monoisotopic (exact) mass is 790 g/mol. The van der Waals surface area contributed by atoms with Crippen LogP contribution >= 0.6 is 15.9 Å². The fraction of sp³-hybridized carbons (Fsp3) is 0.385. The van der Waals surface area contributed by atoms with Crippen LogP contribution in [0.3, 0.4) is 0 Å². The Bertz CT molecular complexity index is 2440. The van der Waals surface area contributed by atoms with E-state index in [4.69, 9.17) is 9.47 Å². The highest BCUT2D eigenvalue weighted by Gasteiger charge is 2.41. The molecule has 4 aliphatic rings. The van der Waals surface area contributed by atoms with Gasteiger partial charge < -0.3 is 9.47 Å². The number of ether oxygens (including phenoxy) is 2. The standard InChI is InChI=1S/C30H34O2.C22H21Br/c1-4-6-21-9-12-25-24-11-10-22(20-13-15-30(16-14-20)31-17-18-32-30)19-27(24)29(2,3)26-8-5-7-23(21)28(25)26;1-4-6-14-9-11-18-17-12-10-15(23)13-20(17)22(2,3)19-8-5-7-16(14)21(18)19/h5,7-12,19-20H,4,6,13-18H2,1-3H3;5,7-13H,4,6H2,1-3H3. The van der Waals surface area contributed by atoms with Crippen molar-refractivity contribution in [2.75, 3.05) is 13.2 Å². The summed E-state index contributed by atoms with van der Waals surface area (Å²) in [5.74, 6) is 0.313. The highest BCUT2D eigenvalue weighted by Crippen LogP contribution is 2.52. The molecule has 3 aliphatic carbocycles. The molecular formula is C52H55BrO2. The molecule has 0 N–H and O–H groups in total. The van der Waals surface area contributed by atoms with Crippen LogP contribution in [-0.2, 0) is 33.1 Å². The van der Waals surface area contributed by atoms with Gasteiger partial charge in [0, 0.05) is 28.1 Å². The number of hydrogen-bond acceptors (Lipinski definition) is 2. The molecule has 1 saturated heterocycles. The highest BCUT2D eigenvalue weighted by atomic mass is 79.9. The maximum atomic E-state index is 5.97. The first kappa shape index (κ1) is 36.9. The van der Waals surface area contributed by atoms with Crippen LogP contribution in [0.4, 0.5) is 0 Å². The van der Waals surface area contributed by atoms with Gasteiger partial charge >= 0.3 is 0 Å². The van der Waals surface area contributed by atoms with Crippen molar-refractivity contribution in [1.29, 1.82) is 0 Å². The van der Waals surface area contributed by atoms with Gasteiger partial charge in [-0.05, 0) is 126 Å². The summed E-state index contributed by atoms with van der Waals surface area (Å²) < 4.78 is 13.1. The van der Waals surface area contributed by atoms with Crippen LogP contribution in [0.25, 0.3) is 43.8 Å². The molecule has 0 aromatic heterocycles. The van der Waals surface area contributed by atoms with Gasteiger partial charge in [0.2, 0.25) is 0 Å². The minimum atomic E-state index is -0.283. The molecule has 0 amide bonds. The molecule has 0 unspecified atom stereocenters. The lowest BCUT2D eigenvalue weighted by Gasteiger charge is -2.38. The smallest absolute Gasteiger partial charge is 0.168 e. The Balaban J connectivity index is 0.000000153. The molecule has 1 saturated carbocycles. The van der Waals surface area contributed by atoms with Gasteiger partial charge in [-0.2, -0.15) is 0 Å². The third-order valence-corrected chi connectivity index (χ3v) is 14.1. The van der Waals surface area contributed by atoms with Gasteiger partial charge in [-0.25, -0.2) is 0 Å². The molecular weight excluding hydrogens is 736 g/mol. The first-order valence-corrected chi connectivity index (χ1v) is 21.7. The molecule has 55 heavy (non-hydrogen) atoms. The molecule has 6 aromatic rings. The Kier molecular flexibility index (Phi) is 9.39. The minimum Gasteiger partial charge on any atom is -0.348 e. The number of hydrogen-bond donors (Lipinski definition) is 0. The van der Waals surface area contributed by atoms with Crippen LogP contribution in [0.5, 0.6) is 0 Å². The first-order valence-electron chi connectivity index (χ1n) is 20.9. The molecule has 0 bridgehead atoms. The fourth-order valence-corrected chi connectivity index (χ4v) is 11.1. The van der Waals surface area contributed by atoms with Gasteiger partial charge in [-0.3, -0.25) is 0 Å². The van der Waals surface area contributed by atoms with E-state index in [1.807, 2.05) is 0 Å². The summed E-state index contributed by atoms with van der Waals surface area (Å²) in [7, 11) is 0. The molecule has 6 aromatic carbocycles. The summed E-state index contributed by atoms with van der Waals surface area (Å²) in [6.07, 6.45) is 8.97. The normalized spacial score (nSPS) is 18.5. The first-order chi connectivity index (χ1) is 26.6. The van der Waals surface area contributed by atoms with E-state index in [1.54, 1.807) is 0 Å². The van der Waals surface area contributed by atoms with E-state index in [1.165, 1.54) is 95.6 Å². The van der Waals surface area contributed by atoms with E-state index in [-0.39, 0.29) is 16.6 Å². The highest BCUT2D eigenvalue weighted by molar-refractivity contribution is 9.10. The van der Waals surface area contributed by atoms with Crippen molar-refractivity contribution >= 4 is 37.5 Å². The van der Waals surface area contributed by atoms with Crippen molar-refractivity contribution in [3.8, 4) is 22.3 Å². The number of aryl methyl sites for hydroxylation is 2. The van der Waals surface area contributed by atoms with Crippen LogP contribution < -0.4 is 0 Å². The Morgan fingerprint density at radius 1 is 0.564 bits per heavy atom. The van der Waals surface area contributed by atoms with Crippen molar-refractivity contribution < 1.29 is 9.47 Å². The molecule has 1 aliphatic heterocycles. The largest absolute Gasteiger partial charge is 0.348 e.